The molecule has 1 aromatic rings. The number of halogens is 1. The predicted octanol–water partition coefficient (Wildman–Crippen LogP) is 3.42. The summed E-state index contributed by atoms with van der Waals surface area (Å²) in [6.45, 7) is 10.2. The zero-order valence-corrected chi connectivity index (χ0v) is 13.0. The molecular weight excluding hydrogens is 262 g/mol. The quantitative estimate of drug-likeness (QED) is 0.901. The molecule has 0 saturated carbocycles. The van der Waals surface area contributed by atoms with Crippen LogP contribution in [0.3, 0.4) is 0 Å². The molecular formula is C14H22ClN3O. The highest BCUT2D eigenvalue weighted by molar-refractivity contribution is 6.33. The largest absolute Gasteiger partial charge is 0.348 e. The maximum absolute atomic E-state index is 12.2. The molecule has 0 fully saturated rings. The Morgan fingerprint density at radius 1 is 1.37 bits per heavy atom. The normalized spacial score (nSPS) is 14.3. The third-order valence-corrected chi connectivity index (χ3v) is 3.63. The number of amides is 1. The van der Waals surface area contributed by atoms with Crippen molar-refractivity contribution in [3.63, 3.8) is 0 Å². The van der Waals surface area contributed by atoms with Crippen LogP contribution in [-0.2, 0) is 0 Å². The molecule has 106 valence electrons. The summed E-state index contributed by atoms with van der Waals surface area (Å²) < 4.78 is 0. The average molecular weight is 284 g/mol. The minimum atomic E-state index is -0.234. The number of hydrogen-bond acceptors (Lipinski definition) is 3. The maximum atomic E-state index is 12.2. The van der Waals surface area contributed by atoms with Crippen LogP contribution >= 0.6 is 11.6 Å². The van der Waals surface area contributed by atoms with E-state index >= 15 is 0 Å². The summed E-state index contributed by atoms with van der Waals surface area (Å²) in [5.74, 6) is 0.970. The van der Waals surface area contributed by atoms with Crippen molar-refractivity contribution in [1.82, 2.24) is 15.3 Å². The third-order valence-electron chi connectivity index (χ3n) is 3.35. The van der Waals surface area contributed by atoms with Gasteiger partial charge < -0.3 is 5.32 Å². The van der Waals surface area contributed by atoms with Crippen LogP contribution in [0, 0.1) is 5.92 Å². The van der Waals surface area contributed by atoms with Gasteiger partial charge in [-0.15, -0.1) is 0 Å². The SMILES string of the molecule is CCC(C)C(C)NC(=O)c1nc(C(C)C)ncc1Cl. The Morgan fingerprint density at radius 2 is 2.00 bits per heavy atom. The molecule has 0 bridgehead atoms. The van der Waals surface area contributed by atoms with E-state index in [-0.39, 0.29) is 23.6 Å². The fraction of sp³-hybridized carbons (Fsp3) is 0.643. The molecule has 0 radical (unpaired) electrons. The lowest BCUT2D eigenvalue weighted by molar-refractivity contribution is 0.0922. The van der Waals surface area contributed by atoms with E-state index in [0.29, 0.717) is 16.8 Å². The molecule has 0 saturated heterocycles. The highest BCUT2D eigenvalue weighted by Gasteiger charge is 2.19. The molecule has 0 aliphatic carbocycles. The van der Waals surface area contributed by atoms with Gasteiger partial charge >= 0.3 is 0 Å². The van der Waals surface area contributed by atoms with Crippen molar-refractivity contribution in [2.45, 2.75) is 53.0 Å². The number of nitrogens with zero attached hydrogens (tertiary/aromatic N) is 2. The smallest absolute Gasteiger partial charge is 0.271 e. The predicted molar refractivity (Wildman–Crippen MR) is 77.5 cm³/mol. The van der Waals surface area contributed by atoms with Crippen LogP contribution in [0.15, 0.2) is 6.20 Å². The van der Waals surface area contributed by atoms with Crippen molar-refractivity contribution in [2.75, 3.05) is 0 Å². The van der Waals surface area contributed by atoms with E-state index in [1.807, 2.05) is 20.8 Å². The monoisotopic (exact) mass is 283 g/mol. The number of nitrogens with one attached hydrogen (secondary N) is 1. The molecule has 0 aliphatic rings. The van der Waals surface area contributed by atoms with Crippen LogP contribution in [0.1, 0.15) is 63.3 Å². The zero-order chi connectivity index (χ0) is 14.6. The first-order valence-electron chi connectivity index (χ1n) is 6.70. The van der Waals surface area contributed by atoms with Crippen LogP contribution in [0.5, 0.6) is 0 Å². The maximum Gasteiger partial charge on any atom is 0.271 e. The summed E-state index contributed by atoms with van der Waals surface area (Å²) in [5.41, 5.74) is 0.260. The lowest BCUT2D eigenvalue weighted by Gasteiger charge is -2.20. The summed E-state index contributed by atoms with van der Waals surface area (Å²) in [7, 11) is 0. The van der Waals surface area contributed by atoms with Gasteiger partial charge in [0.2, 0.25) is 0 Å². The van der Waals surface area contributed by atoms with E-state index in [0.717, 1.165) is 6.42 Å². The van der Waals surface area contributed by atoms with Gasteiger partial charge in [-0.1, -0.05) is 45.7 Å². The first-order chi connectivity index (χ1) is 8.86. The van der Waals surface area contributed by atoms with Crippen LogP contribution in [0.2, 0.25) is 5.02 Å². The van der Waals surface area contributed by atoms with Crippen molar-refractivity contribution in [2.24, 2.45) is 5.92 Å². The van der Waals surface area contributed by atoms with Gasteiger partial charge in [-0.2, -0.15) is 0 Å². The average Bonchev–Trinajstić information content (AvgIpc) is 2.37. The molecule has 4 nitrogen and oxygen atoms in total. The molecule has 2 unspecified atom stereocenters. The third kappa shape index (κ3) is 4.16. The Balaban J connectivity index is 2.90. The van der Waals surface area contributed by atoms with E-state index in [1.165, 1.54) is 6.20 Å². The van der Waals surface area contributed by atoms with Gasteiger partial charge in [-0.25, -0.2) is 9.97 Å². The molecule has 2 atom stereocenters. The summed E-state index contributed by atoms with van der Waals surface area (Å²) >= 11 is 6.01. The van der Waals surface area contributed by atoms with Crippen LogP contribution in [0.4, 0.5) is 0 Å². The van der Waals surface area contributed by atoms with Crippen molar-refractivity contribution in [3.8, 4) is 0 Å². The second kappa shape index (κ2) is 6.85. The summed E-state index contributed by atoms with van der Waals surface area (Å²) in [6, 6.07) is 0.0889. The van der Waals surface area contributed by atoms with Gasteiger partial charge in [0.1, 0.15) is 11.5 Å². The fourth-order valence-electron chi connectivity index (χ4n) is 1.59. The molecule has 19 heavy (non-hydrogen) atoms. The second-order valence-electron chi connectivity index (χ2n) is 5.23. The summed E-state index contributed by atoms with van der Waals surface area (Å²) in [5, 5.41) is 3.23. The molecule has 1 amide bonds. The van der Waals surface area contributed by atoms with Gasteiger partial charge in [0.25, 0.3) is 5.91 Å². The molecule has 1 N–H and O–H groups in total. The number of aromatic nitrogens is 2. The number of hydrogen-bond donors (Lipinski definition) is 1. The van der Waals surface area contributed by atoms with E-state index < -0.39 is 0 Å². The second-order valence-corrected chi connectivity index (χ2v) is 5.63. The standard InChI is InChI=1S/C14H22ClN3O/c1-6-9(4)10(5)17-14(19)12-11(15)7-16-13(18-12)8(2)3/h7-10H,6H2,1-5H3,(H,17,19). The van der Waals surface area contributed by atoms with Crippen LogP contribution < -0.4 is 5.32 Å². The van der Waals surface area contributed by atoms with Crippen LogP contribution in [-0.4, -0.2) is 21.9 Å². The first-order valence-corrected chi connectivity index (χ1v) is 7.07. The van der Waals surface area contributed by atoms with Gasteiger partial charge in [0.05, 0.1) is 11.2 Å². The number of carbonyl (C=O) groups is 1. The zero-order valence-electron chi connectivity index (χ0n) is 12.2. The van der Waals surface area contributed by atoms with Gasteiger partial charge in [0.15, 0.2) is 0 Å². The molecule has 1 rings (SSSR count). The van der Waals surface area contributed by atoms with Gasteiger partial charge in [-0.3, -0.25) is 4.79 Å². The minimum Gasteiger partial charge on any atom is -0.348 e. The van der Waals surface area contributed by atoms with Crippen molar-refractivity contribution < 1.29 is 4.79 Å². The Hall–Kier alpha value is -1.16. The molecule has 5 heteroatoms. The van der Waals surface area contributed by atoms with Gasteiger partial charge in [-0.05, 0) is 12.8 Å². The Labute approximate surface area is 120 Å². The van der Waals surface area contributed by atoms with Gasteiger partial charge in [0, 0.05) is 12.0 Å². The molecule has 0 aromatic carbocycles. The lowest BCUT2D eigenvalue weighted by atomic mass is 10.0. The first kappa shape index (κ1) is 15.9. The summed E-state index contributed by atoms with van der Waals surface area (Å²) in [6.07, 6.45) is 2.50. The molecule has 0 aliphatic heterocycles. The van der Waals surface area contributed by atoms with Crippen LogP contribution in [0.25, 0.3) is 0 Å². The van der Waals surface area contributed by atoms with E-state index in [1.54, 1.807) is 0 Å². The highest BCUT2D eigenvalue weighted by Crippen LogP contribution is 2.17. The molecule has 1 heterocycles. The van der Waals surface area contributed by atoms with E-state index in [2.05, 4.69) is 29.1 Å². The number of carbonyl (C=O) groups excluding carboxylic acids is 1. The Kier molecular flexibility index (Phi) is 5.73. The highest BCUT2D eigenvalue weighted by atomic mass is 35.5. The van der Waals surface area contributed by atoms with Crippen molar-refractivity contribution in [1.29, 1.82) is 0 Å². The molecule has 1 aromatic heterocycles. The topological polar surface area (TPSA) is 54.9 Å². The van der Waals surface area contributed by atoms with Crippen molar-refractivity contribution in [3.05, 3.63) is 22.7 Å². The van der Waals surface area contributed by atoms with Crippen molar-refractivity contribution >= 4 is 17.5 Å². The number of rotatable bonds is 5. The molecule has 0 spiro atoms. The summed E-state index contributed by atoms with van der Waals surface area (Å²) in [4.78, 5) is 20.6. The minimum absolute atomic E-state index is 0.0889. The van der Waals surface area contributed by atoms with E-state index in [9.17, 15) is 4.79 Å². The fourth-order valence-corrected chi connectivity index (χ4v) is 1.77. The lowest BCUT2D eigenvalue weighted by Crippen LogP contribution is -2.37. The Morgan fingerprint density at radius 3 is 2.53 bits per heavy atom. The van der Waals surface area contributed by atoms with E-state index in [4.69, 9.17) is 11.6 Å². The Bertz CT molecular complexity index is 448.